The number of nitrogens with one attached hydrogen (secondary N) is 2. The van der Waals surface area contributed by atoms with Crippen molar-refractivity contribution in [2.45, 2.75) is 32.2 Å². The van der Waals surface area contributed by atoms with Gasteiger partial charge in [0, 0.05) is 56.6 Å². The molecule has 2 aromatic carbocycles. The molecule has 238 valence electrons. The molecule has 6 rings (SSSR count). The lowest BCUT2D eigenvalue weighted by Gasteiger charge is -2.47. The fourth-order valence-electron chi connectivity index (χ4n) is 6.42. The summed E-state index contributed by atoms with van der Waals surface area (Å²) in [4.78, 5) is 14.2. The van der Waals surface area contributed by atoms with E-state index in [1.54, 1.807) is 26.6 Å². The number of fused-ring (bicyclic) bond motifs is 1. The smallest absolute Gasteiger partial charge is 0.229 e. The van der Waals surface area contributed by atoms with Crippen LogP contribution in [0.4, 0.5) is 28.8 Å². The molecule has 0 bridgehead atoms. The van der Waals surface area contributed by atoms with E-state index >= 15 is 0 Å². The number of aromatic nitrogens is 2. The van der Waals surface area contributed by atoms with E-state index in [4.69, 9.17) is 24.5 Å². The Morgan fingerprint density at radius 2 is 1.89 bits per heavy atom. The summed E-state index contributed by atoms with van der Waals surface area (Å²) in [5, 5.41) is 16.2. The van der Waals surface area contributed by atoms with Gasteiger partial charge in [0.05, 0.1) is 34.3 Å². The third-order valence-electron chi connectivity index (χ3n) is 8.67. The Hall–Kier alpha value is -3.52. The SMILES string of the molecule is COc1cc(N2CCC(N3CC(CC#N)C3)CC2)c(C)cc1Nc1ncc(Br)c(Nc2ccc3c(c2P(C)(C)=O)OCCO3)n1. The van der Waals surface area contributed by atoms with Crippen LogP contribution in [0.5, 0.6) is 17.2 Å². The maximum Gasteiger partial charge on any atom is 0.229 e. The van der Waals surface area contributed by atoms with Gasteiger partial charge < -0.3 is 34.3 Å². The van der Waals surface area contributed by atoms with Crippen LogP contribution in [0.3, 0.4) is 0 Å². The first kappa shape index (κ1) is 31.5. The molecule has 0 atom stereocenters. The summed E-state index contributed by atoms with van der Waals surface area (Å²) in [6.45, 7) is 10.5. The molecule has 0 radical (unpaired) electrons. The summed E-state index contributed by atoms with van der Waals surface area (Å²) >= 11 is 3.56. The maximum atomic E-state index is 13.4. The van der Waals surface area contributed by atoms with Crippen LogP contribution in [0, 0.1) is 24.2 Å². The van der Waals surface area contributed by atoms with Gasteiger partial charge in [0.1, 0.15) is 31.9 Å². The molecule has 2 saturated heterocycles. The van der Waals surface area contributed by atoms with Gasteiger partial charge in [-0.1, -0.05) is 0 Å². The highest BCUT2D eigenvalue weighted by Gasteiger charge is 2.34. The molecular formula is C32H39BrN7O4P. The largest absolute Gasteiger partial charge is 0.494 e. The van der Waals surface area contributed by atoms with Crippen molar-refractivity contribution in [2.24, 2.45) is 5.92 Å². The summed E-state index contributed by atoms with van der Waals surface area (Å²) < 4.78 is 31.5. The molecule has 45 heavy (non-hydrogen) atoms. The van der Waals surface area contributed by atoms with E-state index in [1.165, 1.54) is 0 Å². The molecule has 0 unspecified atom stereocenters. The number of benzene rings is 2. The molecular weight excluding hydrogens is 657 g/mol. The average Bonchev–Trinajstić information content (AvgIpc) is 3.00. The van der Waals surface area contributed by atoms with Gasteiger partial charge in [0.15, 0.2) is 11.5 Å². The highest BCUT2D eigenvalue weighted by Crippen LogP contribution is 2.47. The van der Waals surface area contributed by atoms with Gasteiger partial charge in [0.25, 0.3) is 0 Å². The number of halogens is 1. The number of nitriles is 1. The first-order valence-corrected chi connectivity index (χ1v) is 18.6. The lowest BCUT2D eigenvalue weighted by molar-refractivity contribution is 0.0435. The van der Waals surface area contributed by atoms with Crippen LogP contribution in [-0.2, 0) is 4.57 Å². The predicted octanol–water partition coefficient (Wildman–Crippen LogP) is 5.88. The van der Waals surface area contributed by atoms with E-state index in [-0.39, 0.29) is 0 Å². The summed E-state index contributed by atoms with van der Waals surface area (Å²) in [6.07, 6.45) is 4.56. The van der Waals surface area contributed by atoms with Crippen molar-refractivity contribution in [3.8, 4) is 23.3 Å². The fraction of sp³-hybridized carbons (Fsp3) is 0.469. The van der Waals surface area contributed by atoms with Gasteiger partial charge in [-0.05, 0) is 78.7 Å². The predicted molar refractivity (Wildman–Crippen MR) is 181 cm³/mol. The normalized spacial score (nSPS) is 17.4. The number of aryl methyl sites for hydroxylation is 1. The Morgan fingerprint density at radius 1 is 1.13 bits per heavy atom. The standard InChI is InChI=1S/C32H39BrN7O4P/c1-20-15-25(28(42-2)16-26(20)39-11-8-22(9-12-39)40-18-21(19-40)7-10-34)37-32-35-17-23(33)31(38-32)36-24-5-6-27-29(44-14-13-43-27)30(24)45(3,4)41/h5-6,15-17,21-22H,7-9,11-14,18-19H2,1-4H3,(H2,35,36,37,38). The van der Waals surface area contributed by atoms with Crippen molar-refractivity contribution in [1.29, 1.82) is 5.26 Å². The zero-order valence-corrected chi connectivity index (χ0v) is 28.6. The first-order chi connectivity index (χ1) is 21.6. The van der Waals surface area contributed by atoms with Crippen molar-refractivity contribution in [2.75, 3.05) is 75.4 Å². The molecule has 1 aromatic heterocycles. The molecule has 4 heterocycles. The van der Waals surface area contributed by atoms with Crippen LogP contribution in [-0.4, -0.2) is 80.7 Å². The second-order valence-corrected chi connectivity index (χ2v) is 16.2. The lowest BCUT2D eigenvalue weighted by atomic mass is 9.91. The molecule has 2 fully saturated rings. The number of hydrogen-bond donors (Lipinski definition) is 2. The van der Waals surface area contributed by atoms with Gasteiger partial charge in [-0.3, -0.25) is 4.90 Å². The Labute approximate surface area is 272 Å². The van der Waals surface area contributed by atoms with Gasteiger partial charge >= 0.3 is 0 Å². The van der Waals surface area contributed by atoms with E-state index in [2.05, 4.69) is 66.5 Å². The van der Waals surface area contributed by atoms with Crippen LogP contribution >= 0.6 is 23.1 Å². The molecule has 3 aromatic rings. The number of ether oxygens (including phenoxy) is 3. The zero-order chi connectivity index (χ0) is 31.7. The Bertz CT molecular complexity index is 1660. The van der Waals surface area contributed by atoms with Crippen molar-refractivity contribution in [1.82, 2.24) is 14.9 Å². The van der Waals surface area contributed by atoms with Crippen LogP contribution in [0.25, 0.3) is 0 Å². The summed E-state index contributed by atoms with van der Waals surface area (Å²) in [5.41, 5.74) is 3.69. The molecule has 13 heteroatoms. The molecule has 11 nitrogen and oxygen atoms in total. The number of rotatable bonds is 9. The van der Waals surface area contributed by atoms with Crippen molar-refractivity contribution >= 4 is 57.2 Å². The lowest BCUT2D eigenvalue weighted by Crippen LogP contribution is -2.55. The number of hydrogen-bond acceptors (Lipinski definition) is 11. The quantitative estimate of drug-likeness (QED) is 0.261. The third kappa shape index (κ3) is 6.71. The highest BCUT2D eigenvalue weighted by atomic mass is 79.9. The van der Waals surface area contributed by atoms with E-state index in [1.807, 2.05) is 12.1 Å². The van der Waals surface area contributed by atoms with Crippen molar-refractivity contribution in [3.05, 3.63) is 40.5 Å². The zero-order valence-electron chi connectivity index (χ0n) is 26.1. The monoisotopic (exact) mass is 695 g/mol. The molecule has 0 aliphatic carbocycles. The van der Waals surface area contributed by atoms with Gasteiger partial charge in [-0.2, -0.15) is 10.2 Å². The van der Waals surface area contributed by atoms with E-state index in [0.717, 1.165) is 56.0 Å². The van der Waals surface area contributed by atoms with Crippen LogP contribution in [0.15, 0.2) is 34.9 Å². The summed E-state index contributed by atoms with van der Waals surface area (Å²) in [6, 6.07) is 10.7. The Morgan fingerprint density at radius 3 is 2.60 bits per heavy atom. The van der Waals surface area contributed by atoms with E-state index in [9.17, 15) is 4.57 Å². The van der Waals surface area contributed by atoms with E-state index in [0.29, 0.717) is 76.1 Å². The number of anilines is 5. The van der Waals surface area contributed by atoms with Crippen molar-refractivity contribution in [3.63, 3.8) is 0 Å². The average molecular weight is 697 g/mol. The Kier molecular flexibility index (Phi) is 9.14. The van der Waals surface area contributed by atoms with Crippen molar-refractivity contribution < 1.29 is 18.8 Å². The van der Waals surface area contributed by atoms with Crippen LogP contribution in [0.1, 0.15) is 24.8 Å². The third-order valence-corrected chi connectivity index (χ3v) is 10.8. The van der Waals surface area contributed by atoms with Gasteiger partial charge in [-0.25, -0.2) is 4.98 Å². The molecule has 3 aliphatic heterocycles. The number of nitrogens with zero attached hydrogens (tertiary/aromatic N) is 5. The molecule has 0 saturated carbocycles. The van der Waals surface area contributed by atoms with Crippen LogP contribution in [0.2, 0.25) is 0 Å². The molecule has 2 N–H and O–H groups in total. The molecule has 3 aliphatic rings. The number of piperidine rings is 1. The minimum atomic E-state index is -2.76. The van der Waals surface area contributed by atoms with Crippen LogP contribution < -0.4 is 35.0 Å². The fourth-order valence-corrected chi connectivity index (χ4v) is 8.09. The molecule has 0 spiro atoms. The van der Waals surface area contributed by atoms with Gasteiger partial charge in [-0.15, -0.1) is 0 Å². The topological polar surface area (TPSA) is 125 Å². The summed E-state index contributed by atoms with van der Waals surface area (Å²) in [7, 11) is -1.09. The second kappa shape index (κ2) is 13.1. The minimum Gasteiger partial charge on any atom is -0.494 e. The number of methoxy groups -OCH3 is 1. The first-order valence-electron chi connectivity index (χ1n) is 15.2. The summed E-state index contributed by atoms with van der Waals surface area (Å²) in [5.74, 6) is 3.23. The highest BCUT2D eigenvalue weighted by molar-refractivity contribution is 9.10. The molecule has 0 amide bonds. The van der Waals surface area contributed by atoms with Gasteiger partial charge in [0.2, 0.25) is 5.95 Å². The van der Waals surface area contributed by atoms with E-state index < -0.39 is 7.14 Å². The number of likely N-dealkylation sites (tertiary alicyclic amines) is 1. The second-order valence-electron chi connectivity index (χ2n) is 12.2. The minimum absolute atomic E-state index is 0.381. The Balaban J connectivity index is 1.18. The maximum absolute atomic E-state index is 13.4.